The first kappa shape index (κ1) is 22.4. The highest BCUT2D eigenvalue weighted by atomic mass is 16.5. The molecule has 1 aromatic heterocycles. The van der Waals surface area contributed by atoms with Crippen molar-refractivity contribution in [2.24, 2.45) is 0 Å². The number of methoxy groups -OCH3 is 1. The van der Waals surface area contributed by atoms with Crippen molar-refractivity contribution in [3.8, 4) is 22.8 Å². The Balaban J connectivity index is 1.63. The molecule has 6 nitrogen and oxygen atoms in total. The third kappa shape index (κ3) is 5.17. The number of carbonyl (C=O) groups is 1. The number of ether oxygens (including phenoxy) is 2. The van der Waals surface area contributed by atoms with Crippen molar-refractivity contribution < 1.29 is 14.3 Å². The largest absolute Gasteiger partial charge is 0.491 e. The Hall–Kier alpha value is -3.80. The summed E-state index contributed by atoms with van der Waals surface area (Å²) in [4.78, 5) is 16.1. The van der Waals surface area contributed by atoms with Gasteiger partial charge in [0.2, 0.25) is 0 Å². The molecule has 0 aliphatic heterocycles. The highest BCUT2D eigenvalue weighted by Gasteiger charge is 2.17. The number of benzene rings is 3. The van der Waals surface area contributed by atoms with Gasteiger partial charge in [0.25, 0.3) is 0 Å². The van der Waals surface area contributed by atoms with Gasteiger partial charge in [-0.3, -0.25) is 9.36 Å². The highest BCUT2D eigenvalue weighted by molar-refractivity contribution is 5.88. The summed E-state index contributed by atoms with van der Waals surface area (Å²) in [5.41, 5.74) is 11.9. The van der Waals surface area contributed by atoms with Gasteiger partial charge in [0.1, 0.15) is 11.6 Å². The second kappa shape index (κ2) is 10.2. The van der Waals surface area contributed by atoms with Crippen molar-refractivity contribution in [1.29, 1.82) is 0 Å². The molecule has 0 saturated heterocycles. The number of imidazole rings is 1. The molecular weight excluding hydrogens is 414 g/mol. The van der Waals surface area contributed by atoms with E-state index in [-0.39, 0.29) is 5.97 Å². The molecule has 0 aliphatic carbocycles. The molecule has 4 aromatic rings. The van der Waals surface area contributed by atoms with Crippen LogP contribution in [-0.2, 0) is 9.53 Å². The molecule has 0 radical (unpaired) electrons. The molecule has 0 saturated carbocycles. The van der Waals surface area contributed by atoms with E-state index in [9.17, 15) is 4.79 Å². The summed E-state index contributed by atoms with van der Waals surface area (Å²) in [6.07, 6.45) is 2.94. The van der Waals surface area contributed by atoms with Crippen LogP contribution in [0.15, 0.2) is 66.7 Å². The van der Waals surface area contributed by atoms with Crippen LogP contribution in [-0.4, -0.2) is 29.2 Å². The standard InChI is InChI=1S/C27H29N3O3/c1-19-12-14-21(15-13-19)30-24-18-25(33-16-8-4-7-11-26(31)32-2)22(28)17-23(24)29-27(30)20-9-5-3-6-10-20/h3,5-6,9-10,12-15,17-18H,4,7-8,11,16,28H2,1-2H3. The number of nitrogens with zero attached hydrogens (tertiary/aromatic N) is 2. The molecule has 1 heterocycles. The molecule has 0 spiro atoms. The topological polar surface area (TPSA) is 79.4 Å². The van der Waals surface area contributed by atoms with Crippen LogP contribution in [0.3, 0.4) is 0 Å². The lowest BCUT2D eigenvalue weighted by Gasteiger charge is -2.12. The van der Waals surface area contributed by atoms with Crippen LogP contribution in [0.5, 0.6) is 5.75 Å². The maximum atomic E-state index is 11.2. The van der Waals surface area contributed by atoms with Gasteiger partial charge in [-0.1, -0.05) is 48.0 Å². The number of rotatable bonds is 9. The van der Waals surface area contributed by atoms with E-state index in [0.29, 0.717) is 24.5 Å². The Morgan fingerprint density at radius 2 is 1.76 bits per heavy atom. The number of aromatic nitrogens is 2. The van der Waals surface area contributed by atoms with Crippen LogP contribution < -0.4 is 10.5 Å². The normalized spacial score (nSPS) is 11.0. The van der Waals surface area contributed by atoms with Crippen molar-refractivity contribution >= 4 is 22.7 Å². The Kier molecular flexibility index (Phi) is 6.93. The van der Waals surface area contributed by atoms with Gasteiger partial charge in [-0.05, 0) is 44.4 Å². The summed E-state index contributed by atoms with van der Waals surface area (Å²) in [5.74, 6) is 1.32. The van der Waals surface area contributed by atoms with E-state index < -0.39 is 0 Å². The summed E-state index contributed by atoms with van der Waals surface area (Å²) >= 11 is 0. The maximum absolute atomic E-state index is 11.2. The number of carbonyl (C=O) groups excluding carboxylic acids is 1. The molecule has 4 rings (SSSR count). The van der Waals surface area contributed by atoms with Gasteiger partial charge < -0.3 is 15.2 Å². The van der Waals surface area contributed by atoms with E-state index in [1.165, 1.54) is 12.7 Å². The van der Waals surface area contributed by atoms with Crippen molar-refractivity contribution in [3.05, 3.63) is 72.3 Å². The first-order valence-electron chi connectivity index (χ1n) is 11.2. The first-order chi connectivity index (χ1) is 16.1. The molecule has 2 N–H and O–H groups in total. The van der Waals surface area contributed by atoms with Crippen LogP contribution in [0.1, 0.15) is 31.2 Å². The van der Waals surface area contributed by atoms with E-state index in [1.54, 1.807) is 0 Å². The fourth-order valence-electron chi connectivity index (χ4n) is 3.81. The lowest BCUT2D eigenvalue weighted by molar-refractivity contribution is -0.140. The molecule has 0 fully saturated rings. The number of fused-ring (bicyclic) bond motifs is 1. The minimum atomic E-state index is -0.177. The third-order valence-corrected chi connectivity index (χ3v) is 5.62. The van der Waals surface area contributed by atoms with Gasteiger partial charge in [0, 0.05) is 23.7 Å². The Morgan fingerprint density at radius 1 is 1.00 bits per heavy atom. The number of nitrogens with two attached hydrogens (primary N) is 1. The van der Waals surface area contributed by atoms with Gasteiger partial charge in [0.05, 0.1) is 30.4 Å². The molecule has 3 aromatic carbocycles. The summed E-state index contributed by atoms with van der Waals surface area (Å²) < 4.78 is 12.8. The van der Waals surface area contributed by atoms with Crippen LogP contribution in [0.25, 0.3) is 28.1 Å². The van der Waals surface area contributed by atoms with Crippen LogP contribution >= 0.6 is 0 Å². The zero-order valence-corrected chi connectivity index (χ0v) is 19.1. The lowest BCUT2D eigenvalue weighted by atomic mass is 10.2. The highest BCUT2D eigenvalue weighted by Crippen LogP contribution is 2.34. The monoisotopic (exact) mass is 443 g/mol. The Morgan fingerprint density at radius 3 is 2.48 bits per heavy atom. The van der Waals surface area contributed by atoms with E-state index in [2.05, 4.69) is 52.6 Å². The van der Waals surface area contributed by atoms with Crippen molar-refractivity contribution in [1.82, 2.24) is 9.55 Å². The summed E-state index contributed by atoms with van der Waals surface area (Å²) in [6, 6.07) is 22.4. The Labute approximate surface area is 194 Å². The minimum Gasteiger partial charge on any atom is -0.491 e. The fraction of sp³-hybridized carbons (Fsp3) is 0.259. The zero-order valence-electron chi connectivity index (χ0n) is 19.1. The number of unbranched alkanes of at least 4 members (excludes halogenated alkanes) is 2. The number of anilines is 1. The van der Waals surface area contributed by atoms with Gasteiger partial charge in [-0.2, -0.15) is 0 Å². The molecule has 6 heteroatoms. The second-order valence-electron chi connectivity index (χ2n) is 8.09. The van der Waals surface area contributed by atoms with Gasteiger partial charge in [0.15, 0.2) is 0 Å². The predicted molar refractivity (Wildman–Crippen MR) is 132 cm³/mol. The number of hydrogen-bond acceptors (Lipinski definition) is 5. The number of esters is 1. The average molecular weight is 444 g/mol. The molecule has 33 heavy (non-hydrogen) atoms. The number of hydrogen-bond donors (Lipinski definition) is 1. The third-order valence-electron chi connectivity index (χ3n) is 5.62. The van der Waals surface area contributed by atoms with Crippen molar-refractivity contribution in [3.63, 3.8) is 0 Å². The molecule has 0 unspecified atom stereocenters. The number of aryl methyl sites for hydroxylation is 1. The van der Waals surface area contributed by atoms with Crippen molar-refractivity contribution in [2.75, 3.05) is 19.5 Å². The molecule has 0 aliphatic rings. The summed E-state index contributed by atoms with van der Waals surface area (Å²) in [7, 11) is 1.41. The number of nitrogen functional groups attached to an aromatic ring is 1. The molecule has 0 bridgehead atoms. The fourth-order valence-corrected chi connectivity index (χ4v) is 3.81. The molecule has 170 valence electrons. The van der Waals surface area contributed by atoms with E-state index in [0.717, 1.165) is 47.4 Å². The summed E-state index contributed by atoms with van der Waals surface area (Å²) in [6.45, 7) is 2.60. The zero-order chi connectivity index (χ0) is 23.2. The first-order valence-corrected chi connectivity index (χ1v) is 11.2. The quantitative estimate of drug-likeness (QED) is 0.204. The van der Waals surface area contributed by atoms with Crippen LogP contribution in [0.4, 0.5) is 5.69 Å². The van der Waals surface area contributed by atoms with E-state index in [4.69, 9.17) is 15.5 Å². The van der Waals surface area contributed by atoms with E-state index >= 15 is 0 Å². The SMILES string of the molecule is COC(=O)CCCCCOc1cc2c(cc1N)nc(-c1ccccc1)n2-c1ccc(C)cc1. The van der Waals surface area contributed by atoms with Crippen LogP contribution in [0, 0.1) is 6.92 Å². The summed E-state index contributed by atoms with van der Waals surface area (Å²) in [5, 5.41) is 0. The van der Waals surface area contributed by atoms with Crippen LogP contribution in [0.2, 0.25) is 0 Å². The average Bonchev–Trinajstić information content (AvgIpc) is 3.20. The molecule has 0 atom stereocenters. The Bertz CT molecular complexity index is 1230. The van der Waals surface area contributed by atoms with Gasteiger partial charge in [-0.25, -0.2) is 4.98 Å². The minimum absolute atomic E-state index is 0.177. The van der Waals surface area contributed by atoms with Gasteiger partial charge >= 0.3 is 5.97 Å². The predicted octanol–water partition coefficient (Wildman–Crippen LogP) is 5.70. The van der Waals surface area contributed by atoms with E-state index in [1.807, 2.05) is 30.3 Å². The van der Waals surface area contributed by atoms with Crippen molar-refractivity contribution in [2.45, 2.75) is 32.6 Å². The smallest absolute Gasteiger partial charge is 0.305 e. The lowest BCUT2D eigenvalue weighted by Crippen LogP contribution is -2.03. The maximum Gasteiger partial charge on any atom is 0.305 e. The molecule has 0 amide bonds. The second-order valence-corrected chi connectivity index (χ2v) is 8.09. The molecular formula is C27H29N3O3. The van der Waals surface area contributed by atoms with Gasteiger partial charge in [-0.15, -0.1) is 0 Å².